The maximum absolute atomic E-state index is 14.5. The van der Waals surface area contributed by atoms with Gasteiger partial charge in [0.1, 0.15) is 17.9 Å². The van der Waals surface area contributed by atoms with E-state index in [0.29, 0.717) is 38.1 Å². The number of carbonyl (C=O) groups excluding carboxylic acids is 3. The minimum absolute atomic E-state index is 0.0641. The highest BCUT2D eigenvalue weighted by Crippen LogP contribution is 2.45. The third-order valence-corrected chi connectivity index (χ3v) is 12.8. The number of cyclic esters (lactones) is 1. The van der Waals surface area contributed by atoms with E-state index in [-0.39, 0.29) is 42.9 Å². The van der Waals surface area contributed by atoms with Gasteiger partial charge in [0, 0.05) is 36.3 Å². The molecule has 2 N–H and O–H groups in total. The number of esters is 1. The number of hydrogen-bond acceptors (Lipinski definition) is 14. The topological polar surface area (TPSA) is 183 Å². The largest absolute Gasteiger partial charge is 0.458 e. The van der Waals surface area contributed by atoms with Crippen molar-refractivity contribution in [2.24, 2.45) is 33.8 Å². The zero-order valence-corrected chi connectivity index (χ0v) is 35.0. The number of nitrogens with one attached hydrogen (secondary N) is 1. The van der Waals surface area contributed by atoms with E-state index in [1.807, 2.05) is 53.6 Å². The normalized spacial score (nSPS) is 41.2. The van der Waals surface area contributed by atoms with Gasteiger partial charge in [-0.2, -0.15) is 5.10 Å². The predicted molar refractivity (Wildman–Crippen MR) is 210 cm³/mol. The zero-order chi connectivity index (χ0) is 41.4. The fraction of sp³-hybridized carbons (Fsp3) is 0.756. The molecule has 1 aromatic heterocycles. The van der Waals surface area contributed by atoms with Crippen LogP contribution in [0.3, 0.4) is 0 Å². The van der Waals surface area contributed by atoms with E-state index in [0.717, 1.165) is 5.71 Å². The van der Waals surface area contributed by atoms with Gasteiger partial charge in [-0.1, -0.05) is 33.8 Å². The number of likely N-dealkylation sites (N-methyl/N-ethyl adjacent to an activating group) is 1. The van der Waals surface area contributed by atoms with Gasteiger partial charge >= 0.3 is 12.1 Å². The first-order valence-electron chi connectivity index (χ1n) is 20.4. The van der Waals surface area contributed by atoms with E-state index in [4.69, 9.17) is 33.4 Å². The fourth-order valence-electron chi connectivity index (χ4n) is 9.92. The number of rotatable bonds is 6. The number of fused-ring (bicyclic) bond motifs is 4. The number of pyridine rings is 1. The van der Waals surface area contributed by atoms with Gasteiger partial charge < -0.3 is 38.4 Å². The number of ether oxygens (including phenoxy) is 6. The minimum Gasteiger partial charge on any atom is -0.458 e. The number of amides is 2. The molecule has 5 aliphatic rings. The highest BCUT2D eigenvalue weighted by atomic mass is 16.7. The van der Waals surface area contributed by atoms with Crippen LogP contribution in [0.4, 0.5) is 4.79 Å². The zero-order valence-electron chi connectivity index (χ0n) is 35.0. The molecule has 0 spiro atoms. The Morgan fingerprint density at radius 1 is 1.12 bits per heavy atom. The van der Waals surface area contributed by atoms with Crippen molar-refractivity contribution in [1.29, 1.82) is 0 Å². The summed E-state index contributed by atoms with van der Waals surface area (Å²) in [6, 6.07) is 4.32. The van der Waals surface area contributed by atoms with Crippen LogP contribution in [0.1, 0.15) is 85.1 Å². The molecule has 1 aromatic rings. The van der Waals surface area contributed by atoms with Gasteiger partial charge in [-0.15, -0.1) is 0 Å². The first-order valence-corrected chi connectivity index (χ1v) is 20.4. The third kappa shape index (κ3) is 8.62. The van der Waals surface area contributed by atoms with E-state index in [1.54, 1.807) is 30.0 Å². The molecule has 0 saturated carbocycles. The summed E-state index contributed by atoms with van der Waals surface area (Å²) in [4.78, 5) is 53.9. The van der Waals surface area contributed by atoms with E-state index >= 15 is 0 Å². The molecule has 14 atom stereocenters. The van der Waals surface area contributed by atoms with Gasteiger partial charge in [0.2, 0.25) is 0 Å². The summed E-state index contributed by atoms with van der Waals surface area (Å²) in [5.74, 6) is -2.94. The summed E-state index contributed by atoms with van der Waals surface area (Å²) < 4.78 is 39.5. The van der Waals surface area contributed by atoms with Crippen LogP contribution < -0.4 is 5.43 Å². The Morgan fingerprint density at radius 3 is 2.56 bits per heavy atom. The Bertz CT molecular complexity index is 1680. The van der Waals surface area contributed by atoms with Crippen molar-refractivity contribution in [2.45, 2.75) is 135 Å². The lowest BCUT2D eigenvalue weighted by Gasteiger charge is -2.48. The number of aliphatic imine (C=N–C) groups is 1. The second-order valence-electron chi connectivity index (χ2n) is 17.2. The number of aliphatic hydroxyl groups excluding tert-OH is 1. The van der Waals surface area contributed by atoms with Crippen LogP contribution in [0.2, 0.25) is 0 Å². The molecule has 4 bridgehead atoms. The molecule has 57 heavy (non-hydrogen) atoms. The van der Waals surface area contributed by atoms with Crippen LogP contribution in [0.25, 0.3) is 0 Å². The molecule has 16 heteroatoms. The molecular weight excluding hydrogens is 736 g/mol. The second-order valence-corrected chi connectivity index (χ2v) is 17.2. The summed E-state index contributed by atoms with van der Waals surface area (Å²) in [5.41, 5.74) is 1.73. The number of aromatic nitrogens is 1. The van der Waals surface area contributed by atoms with Gasteiger partial charge in [-0.05, 0) is 79.1 Å². The molecule has 4 fully saturated rings. The van der Waals surface area contributed by atoms with Crippen LogP contribution >= 0.6 is 0 Å². The van der Waals surface area contributed by atoms with Crippen molar-refractivity contribution in [3.8, 4) is 0 Å². The molecule has 5 aliphatic heterocycles. The summed E-state index contributed by atoms with van der Waals surface area (Å²) >= 11 is 0. The van der Waals surface area contributed by atoms with Crippen LogP contribution in [0.15, 0.2) is 34.5 Å². The van der Waals surface area contributed by atoms with E-state index in [2.05, 4.69) is 29.4 Å². The Balaban J connectivity index is 1.46. The average molecular weight is 799 g/mol. The van der Waals surface area contributed by atoms with Crippen molar-refractivity contribution in [2.75, 3.05) is 40.4 Å². The molecule has 0 aromatic carbocycles. The predicted octanol–water partition coefficient (Wildman–Crippen LogP) is 3.46. The van der Waals surface area contributed by atoms with Gasteiger partial charge in [0.25, 0.3) is 5.91 Å². The molecule has 0 unspecified atom stereocenters. The van der Waals surface area contributed by atoms with Gasteiger partial charge in [-0.25, -0.2) is 10.2 Å². The number of hydrazone groups is 1. The van der Waals surface area contributed by atoms with Crippen LogP contribution in [0, 0.1) is 23.7 Å². The highest BCUT2D eigenvalue weighted by Gasteiger charge is 2.60. The van der Waals surface area contributed by atoms with Crippen molar-refractivity contribution in [3.05, 3.63) is 30.1 Å². The Labute approximate surface area is 336 Å². The maximum atomic E-state index is 14.5. The Morgan fingerprint density at radius 2 is 1.88 bits per heavy atom. The van der Waals surface area contributed by atoms with Crippen molar-refractivity contribution in [3.63, 3.8) is 0 Å². The van der Waals surface area contributed by atoms with Crippen molar-refractivity contribution < 1.29 is 47.9 Å². The van der Waals surface area contributed by atoms with Crippen LogP contribution in [0.5, 0.6) is 0 Å². The molecule has 2 amide bonds. The number of hydrogen-bond donors (Lipinski definition) is 2. The van der Waals surface area contributed by atoms with E-state index < -0.39 is 77.8 Å². The molecule has 0 radical (unpaired) electrons. The highest BCUT2D eigenvalue weighted by molar-refractivity contribution is 5.94. The molecule has 0 aliphatic carbocycles. The first kappa shape index (κ1) is 43.0. The summed E-state index contributed by atoms with van der Waals surface area (Å²) in [5, 5.41) is 16.2. The smallest absolute Gasteiger partial charge is 0.410 e. The molecule has 6 rings (SSSR count). The lowest BCUT2D eigenvalue weighted by Crippen LogP contribution is -2.60. The lowest BCUT2D eigenvalue weighted by molar-refractivity contribution is -0.302. The standard InChI is InChI=1S/C41H62N6O10/c1-11-30-41(8)34-24(4)31(43-16-17-47(34)39(51)57-41)22(2)19-40(7)35(56-38-32(48)29(46(9)10)18-23(3)54-38)25(5)33(26(6)37(50)55-30)52-20-27(21-53-40)44-45-36(49)28-14-12-13-15-42-28/h12-15,22-26,29-30,32-35,38,48H,11,16-21H2,1-10H3,(H,45,49)/b44-27+/t22-,23+,24+,25+,26+,29-,30-,32+,33+,34-,35-,38-,40-,41-/m1/s1. The van der Waals surface area contributed by atoms with Gasteiger partial charge in [0.05, 0.1) is 61.3 Å². The fourth-order valence-corrected chi connectivity index (χ4v) is 9.92. The third-order valence-electron chi connectivity index (χ3n) is 12.8. The monoisotopic (exact) mass is 798 g/mol. The van der Waals surface area contributed by atoms with E-state index in [1.165, 1.54) is 6.20 Å². The maximum Gasteiger partial charge on any atom is 0.410 e. The second kappa shape index (κ2) is 17.4. The summed E-state index contributed by atoms with van der Waals surface area (Å²) in [6.45, 7) is 16.1. The molecular formula is C41H62N6O10. The first-order chi connectivity index (χ1) is 27.0. The molecule has 16 nitrogen and oxygen atoms in total. The lowest BCUT2D eigenvalue weighted by atomic mass is 9.72. The van der Waals surface area contributed by atoms with Crippen molar-refractivity contribution >= 4 is 29.4 Å². The molecule has 316 valence electrons. The summed E-state index contributed by atoms with van der Waals surface area (Å²) in [7, 11) is 3.84. The minimum atomic E-state index is -1.16. The Hall–Kier alpha value is -3.54. The van der Waals surface area contributed by atoms with Gasteiger partial charge in [0.15, 0.2) is 11.9 Å². The number of aliphatic hydroxyl groups is 1. The number of nitrogens with zero attached hydrogens (tertiary/aromatic N) is 5. The van der Waals surface area contributed by atoms with Crippen LogP contribution in [-0.2, 0) is 33.2 Å². The molecule has 4 saturated heterocycles. The van der Waals surface area contributed by atoms with Crippen molar-refractivity contribution in [1.82, 2.24) is 20.2 Å². The quantitative estimate of drug-likeness (QED) is 0.317. The van der Waals surface area contributed by atoms with Crippen LogP contribution in [-0.4, -0.2) is 150 Å². The average Bonchev–Trinajstić information content (AvgIpc) is 3.32. The molecule has 6 heterocycles. The van der Waals surface area contributed by atoms with Gasteiger partial charge in [-0.3, -0.25) is 24.5 Å². The van der Waals surface area contributed by atoms with E-state index in [9.17, 15) is 19.5 Å². The Kier molecular flexibility index (Phi) is 13.1. The SMILES string of the molecule is CC[C@H]1OC(=O)[C@@H](C)[C@H]2OC/C(=N\NC(=O)c3ccccn3)CO[C@](C)(C[C@@H](C)C3=NCCN4C(=O)O[C@@]1(C)[C@H]4[C@H]3C)[C@H](O[C@H]1O[C@@H](C)C[C@@H](N(C)C)[C@@H]1O)[C@H]2C. The number of carbonyl (C=O) groups is 3. The summed E-state index contributed by atoms with van der Waals surface area (Å²) in [6.07, 6.45) is -2.21.